The maximum absolute atomic E-state index is 13.8. The van der Waals surface area contributed by atoms with Crippen LogP contribution in [0.3, 0.4) is 0 Å². The normalized spacial score (nSPS) is 15.6. The number of hydrogen-bond acceptors (Lipinski definition) is 4. The van der Waals surface area contributed by atoms with Crippen molar-refractivity contribution in [2.75, 3.05) is 18.8 Å². The van der Waals surface area contributed by atoms with Crippen molar-refractivity contribution in [3.8, 4) is 0 Å². The lowest BCUT2D eigenvalue weighted by molar-refractivity contribution is 0.0270. The molecular weight excluding hydrogens is 273 g/mol. The van der Waals surface area contributed by atoms with Crippen LogP contribution in [-0.4, -0.2) is 34.7 Å². The molecule has 1 aliphatic rings. The van der Waals surface area contributed by atoms with Gasteiger partial charge in [-0.3, -0.25) is 0 Å². The first-order chi connectivity index (χ1) is 9.76. The third-order valence-corrected chi connectivity index (χ3v) is 3.08. The highest BCUT2D eigenvalue weighted by Crippen LogP contribution is 2.25. The Kier molecular flexibility index (Phi) is 4.16. The molecule has 1 amide bonds. The molecule has 21 heavy (non-hydrogen) atoms. The van der Waals surface area contributed by atoms with E-state index in [2.05, 4.69) is 4.98 Å². The highest BCUT2D eigenvalue weighted by molar-refractivity contribution is 5.73. The fourth-order valence-corrected chi connectivity index (χ4v) is 2.09. The Morgan fingerprint density at radius 2 is 2.19 bits per heavy atom. The van der Waals surface area contributed by atoms with Crippen LogP contribution in [0.15, 0.2) is 18.3 Å². The third-order valence-electron chi connectivity index (χ3n) is 3.08. The van der Waals surface area contributed by atoms with E-state index in [0.29, 0.717) is 25.1 Å². The molecule has 1 aromatic rings. The van der Waals surface area contributed by atoms with Gasteiger partial charge >= 0.3 is 6.09 Å². The molecule has 0 aliphatic carbocycles. The molecule has 0 spiro atoms. The molecule has 0 saturated carbocycles. The van der Waals surface area contributed by atoms with Crippen molar-refractivity contribution in [1.82, 2.24) is 9.88 Å². The number of nitrogens with zero attached hydrogens (tertiary/aromatic N) is 2. The summed E-state index contributed by atoms with van der Waals surface area (Å²) >= 11 is 0. The number of aromatic nitrogens is 1. The minimum Gasteiger partial charge on any atom is -0.444 e. The maximum Gasteiger partial charge on any atom is 0.410 e. The number of anilines is 1. The zero-order valence-electron chi connectivity index (χ0n) is 12.5. The number of halogens is 1. The molecule has 2 N–H and O–H groups in total. The van der Waals surface area contributed by atoms with Gasteiger partial charge in [0.25, 0.3) is 0 Å². The van der Waals surface area contributed by atoms with E-state index in [1.807, 2.05) is 26.8 Å². The first-order valence-corrected chi connectivity index (χ1v) is 6.84. The van der Waals surface area contributed by atoms with Crippen molar-refractivity contribution in [1.29, 1.82) is 0 Å². The standard InChI is InChI=1S/C15H20FN3O2/c1-15(2,3)21-14(20)19-6-4-10(5-7-19)11-9-18-13(17)8-12(11)16/h4,8-9H,5-7H2,1-3H3,(H2,17,18). The second-order valence-electron chi connectivity index (χ2n) is 5.99. The van der Waals surface area contributed by atoms with Crippen molar-refractivity contribution < 1.29 is 13.9 Å². The molecule has 0 radical (unpaired) electrons. The Morgan fingerprint density at radius 1 is 1.48 bits per heavy atom. The van der Waals surface area contributed by atoms with E-state index in [1.165, 1.54) is 12.3 Å². The highest BCUT2D eigenvalue weighted by Gasteiger charge is 2.24. The molecule has 114 valence electrons. The van der Waals surface area contributed by atoms with Gasteiger partial charge in [-0.15, -0.1) is 0 Å². The van der Waals surface area contributed by atoms with Crippen molar-refractivity contribution in [2.45, 2.75) is 32.8 Å². The van der Waals surface area contributed by atoms with Crippen LogP contribution < -0.4 is 5.73 Å². The number of nitrogen functional groups attached to an aromatic ring is 1. The van der Waals surface area contributed by atoms with Gasteiger partial charge in [0, 0.05) is 30.9 Å². The third kappa shape index (κ3) is 3.93. The molecule has 0 saturated heterocycles. The van der Waals surface area contributed by atoms with E-state index in [0.717, 1.165) is 5.57 Å². The van der Waals surface area contributed by atoms with Gasteiger partial charge < -0.3 is 15.4 Å². The van der Waals surface area contributed by atoms with E-state index in [9.17, 15) is 9.18 Å². The van der Waals surface area contributed by atoms with Crippen molar-refractivity contribution >= 4 is 17.5 Å². The van der Waals surface area contributed by atoms with Crippen LogP contribution in [0.5, 0.6) is 0 Å². The van der Waals surface area contributed by atoms with E-state index in [4.69, 9.17) is 10.5 Å². The smallest absolute Gasteiger partial charge is 0.410 e. The summed E-state index contributed by atoms with van der Waals surface area (Å²) in [4.78, 5) is 17.4. The molecule has 6 heteroatoms. The largest absolute Gasteiger partial charge is 0.444 e. The summed E-state index contributed by atoms with van der Waals surface area (Å²) in [6, 6.07) is 1.20. The number of pyridine rings is 1. The van der Waals surface area contributed by atoms with Crippen molar-refractivity contribution in [3.63, 3.8) is 0 Å². The summed E-state index contributed by atoms with van der Waals surface area (Å²) in [5.74, 6) is -0.234. The van der Waals surface area contributed by atoms with Crippen LogP contribution in [0.25, 0.3) is 5.57 Å². The van der Waals surface area contributed by atoms with Gasteiger partial charge in [0.1, 0.15) is 17.2 Å². The molecule has 5 nitrogen and oxygen atoms in total. The van der Waals surface area contributed by atoms with Crippen LogP contribution in [0, 0.1) is 5.82 Å². The van der Waals surface area contributed by atoms with E-state index < -0.39 is 5.60 Å². The molecule has 1 aromatic heterocycles. The monoisotopic (exact) mass is 293 g/mol. The molecular formula is C15H20FN3O2. The second kappa shape index (κ2) is 5.71. The molecule has 1 aliphatic heterocycles. The van der Waals surface area contributed by atoms with Crippen molar-refractivity contribution in [2.24, 2.45) is 0 Å². The predicted molar refractivity (Wildman–Crippen MR) is 79.0 cm³/mol. The second-order valence-corrected chi connectivity index (χ2v) is 5.99. The van der Waals surface area contributed by atoms with Gasteiger partial charge in [-0.2, -0.15) is 0 Å². The summed E-state index contributed by atoms with van der Waals surface area (Å²) in [5.41, 5.74) is 6.19. The lowest BCUT2D eigenvalue weighted by atomic mass is 10.0. The molecule has 2 rings (SSSR count). The van der Waals surface area contributed by atoms with E-state index in [-0.39, 0.29) is 17.7 Å². The highest BCUT2D eigenvalue weighted by atomic mass is 19.1. The summed E-state index contributed by atoms with van der Waals surface area (Å²) < 4.78 is 19.2. The number of rotatable bonds is 1. The molecule has 0 bridgehead atoms. The lowest BCUT2D eigenvalue weighted by Crippen LogP contribution is -2.39. The summed E-state index contributed by atoms with van der Waals surface area (Å²) in [5, 5.41) is 0. The number of nitrogens with two attached hydrogens (primary N) is 1. The Hall–Kier alpha value is -2.11. The molecule has 0 aromatic carbocycles. The fraction of sp³-hybridized carbons (Fsp3) is 0.467. The lowest BCUT2D eigenvalue weighted by Gasteiger charge is -2.29. The minimum absolute atomic E-state index is 0.156. The van der Waals surface area contributed by atoms with Crippen LogP contribution >= 0.6 is 0 Å². The Balaban J connectivity index is 2.07. The first kappa shape index (κ1) is 15.3. The number of carbonyl (C=O) groups is 1. The molecule has 0 unspecified atom stereocenters. The molecule has 0 atom stereocenters. The summed E-state index contributed by atoms with van der Waals surface area (Å²) in [6.07, 6.45) is 3.46. The SMILES string of the molecule is CC(C)(C)OC(=O)N1CC=C(c2cnc(N)cc2F)CC1. The van der Waals surface area contributed by atoms with Crippen LogP contribution in [0.2, 0.25) is 0 Å². The van der Waals surface area contributed by atoms with Gasteiger partial charge in [0.05, 0.1) is 0 Å². The predicted octanol–water partition coefficient (Wildman–Crippen LogP) is 2.83. The Morgan fingerprint density at radius 3 is 2.71 bits per heavy atom. The minimum atomic E-state index is -0.520. The number of hydrogen-bond donors (Lipinski definition) is 1. The fourth-order valence-electron chi connectivity index (χ4n) is 2.09. The quantitative estimate of drug-likeness (QED) is 0.864. The number of ether oxygens (including phenoxy) is 1. The summed E-state index contributed by atoms with van der Waals surface area (Å²) in [7, 11) is 0. The topological polar surface area (TPSA) is 68.5 Å². The van der Waals surface area contributed by atoms with Gasteiger partial charge in [0.15, 0.2) is 0 Å². The van der Waals surface area contributed by atoms with Gasteiger partial charge in [-0.05, 0) is 32.8 Å². The van der Waals surface area contributed by atoms with Crippen molar-refractivity contribution in [3.05, 3.63) is 29.7 Å². The molecule has 2 heterocycles. The average Bonchev–Trinajstić information content (AvgIpc) is 2.37. The molecule has 0 fully saturated rings. The van der Waals surface area contributed by atoms with Gasteiger partial charge in [-0.1, -0.05) is 6.08 Å². The van der Waals surface area contributed by atoms with Crippen LogP contribution in [-0.2, 0) is 4.74 Å². The zero-order valence-corrected chi connectivity index (χ0v) is 12.5. The first-order valence-electron chi connectivity index (χ1n) is 6.84. The Labute approximate surface area is 123 Å². The summed E-state index contributed by atoms with van der Waals surface area (Å²) in [6.45, 7) is 6.36. The number of amides is 1. The van der Waals surface area contributed by atoms with Crippen LogP contribution in [0.4, 0.5) is 15.0 Å². The van der Waals surface area contributed by atoms with Crippen LogP contribution in [0.1, 0.15) is 32.8 Å². The van der Waals surface area contributed by atoms with E-state index >= 15 is 0 Å². The van der Waals surface area contributed by atoms with Gasteiger partial charge in [-0.25, -0.2) is 14.2 Å². The zero-order chi connectivity index (χ0) is 15.6. The average molecular weight is 293 g/mol. The number of carbonyl (C=O) groups excluding carboxylic acids is 1. The van der Waals surface area contributed by atoms with Gasteiger partial charge in [0.2, 0.25) is 0 Å². The maximum atomic E-state index is 13.8. The Bertz CT molecular complexity index is 579. The van der Waals surface area contributed by atoms with E-state index in [1.54, 1.807) is 4.90 Å².